The molecular weight excluding hydrogens is 833 g/mol. The summed E-state index contributed by atoms with van der Waals surface area (Å²) in [6, 6.07) is 97.2. The Morgan fingerprint density at radius 2 is 0.478 bits per heavy atom. The lowest BCUT2D eigenvalue weighted by molar-refractivity contribution is 0.415. The third-order valence-corrected chi connectivity index (χ3v) is 13.3. The summed E-state index contributed by atoms with van der Waals surface area (Å²) in [5.74, 6) is 0.825. The second-order valence-corrected chi connectivity index (χ2v) is 17.6. The highest BCUT2D eigenvalue weighted by molar-refractivity contribution is 6.10. The van der Waals surface area contributed by atoms with Crippen molar-refractivity contribution in [2.75, 3.05) is 7.11 Å². The van der Waals surface area contributed by atoms with E-state index in [2.05, 4.69) is 274 Å². The fraction of sp³-hybridized carbons (Fsp3) is 0.0294. The van der Waals surface area contributed by atoms with E-state index in [9.17, 15) is 0 Å². The van der Waals surface area contributed by atoms with Crippen LogP contribution in [0.1, 0.15) is 5.56 Å². The summed E-state index contributed by atoms with van der Waals surface area (Å²) in [7, 11) is 1.72. The van der Waals surface area contributed by atoms with Crippen molar-refractivity contribution in [3.8, 4) is 117 Å². The van der Waals surface area contributed by atoms with Crippen LogP contribution in [0.5, 0.6) is 5.75 Å². The molecule has 1 heteroatoms. The summed E-state index contributed by atoms with van der Waals surface area (Å²) < 4.78 is 5.69. The average Bonchev–Trinajstić information content (AvgIpc) is 3.43. The monoisotopic (exact) mass is 882 g/mol. The van der Waals surface area contributed by atoms with Gasteiger partial charge in [0.05, 0.1) is 7.11 Å². The van der Waals surface area contributed by atoms with Gasteiger partial charge in [-0.25, -0.2) is 0 Å². The molecule has 11 aromatic carbocycles. The first-order valence-corrected chi connectivity index (χ1v) is 23.7. The summed E-state index contributed by atoms with van der Waals surface area (Å²) in [6.45, 7) is 2.16. The van der Waals surface area contributed by atoms with Gasteiger partial charge in [0.15, 0.2) is 0 Å². The van der Waals surface area contributed by atoms with Gasteiger partial charge in [-0.1, -0.05) is 242 Å². The molecule has 0 aliphatic heterocycles. The molecule has 0 saturated heterocycles. The van der Waals surface area contributed by atoms with Crippen LogP contribution in [-0.2, 0) is 0 Å². The fourth-order valence-corrected chi connectivity index (χ4v) is 10.0. The van der Waals surface area contributed by atoms with Crippen LogP contribution in [0.2, 0.25) is 0 Å². The maximum Gasteiger partial charge on any atom is 0.118 e. The number of benzene rings is 11. The summed E-state index contributed by atoms with van der Waals surface area (Å²) in [4.78, 5) is 0. The first-order chi connectivity index (χ1) is 34.1. The van der Waals surface area contributed by atoms with Crippen molar-refractivity contribution >= 4 is 0 Å². The van der Waals surface area contributed by atoms with Crippen LogP contribution in [0.3, 0.4) is 0 Å². The van der Waals surface area contributed by atoms with Crippen LogP contribution < -0.4 is 4.74 Å². The van der Waals surface area contributed by atoms with Crippen LogP contribution in [0.15, 0.2) is 267 Å². The van der Waals surface area contributed by atoms with E-state index in [0.717, 1.165) is 55.8 Å². The molecule has 0 N–H and O–H groups in total. The SMILES string of the molecule is COc1ccc(-c2c(-c3ccccc3)cc(-c3cccc(-c4cc(-c5ccccc5)c(-c5ccc(C)cc5)c(-c5ccccc5)c4-c4ccccc4)c3)c(-c3ccccc3)c2-c2ccccc2)cc1. The predicted molar refractivity (Wildman–Crippen MR) is 292 cm³/mol. The van der Waals surface area contributed by atoms with Gasteiger partial charge in [0.1, 0.15) is 5.75 Å². The van der Waals surface area contributed by atoms with E-state index >= 15 is 0 Å². The molecular formula is C68H50O. The molecule has 0 bridgehead atoms. The van der Waals surface area contributed by atoms with Gasteiger partial charge in [-0.05, 0) is 149 Å². The number of ether oxygens (including phenoxy) is 1. The standard InChI is InChI=1S/C68H50O/c1-47-36-38-54(39-37-47)65-59(48-22-9-3-10-23-48)45-61(63(50-26-13-5-14-27-50)67(65)52-30-17-7-18-31-52)56-34-21-35-57(44-56)62-46-60(49-24-11-4-12-25-49)66(55-40-42-58(69-2)43-41-55)68(53-32-19-8-20-33-53)64(62)51-28-15-6-16-29-51/h3-46H,1-2H3. The Labute approximate surface area is 406 Å². The molecule has 0 heterocycles. The quantitative estimate of drug-likeness (QED) is 0.126. The highest BCUT2D eigenvalue weighted by Gasteiger charge is 2.26. The maximum atomic E-state index is 5.69. The minimum absolute atomic E-state index is 0.825. The number of aryl methyl sites for hydroxylation is 1. The molecule has 11 rings (SSSR count). The molecule has 0 unspecified atom stereocenters. The molecule has 1 nitrogen and oxygen atoms in total. The predicted octanol–water partition coefficient (Wildman–Crippen LogP) is 18.7. The number of hydrogen-bond acceptors (Lipinski definition) is 1. The summed E-state index contributed by atoms with van der Waals surface area (Å²) in [5, 5.41) is 0. The topological polar surface area (TPSA) is 9.23 Å². The molecule has 328 valence electrons. The molecule has 69 heavy (non-hydrogen) atoms. The Bertz CT molecular complexity index is 3510. The molecule has 0 atom stereocenters. The van der Waals surface area contributed by atoms with Crippen LogP contribution in [0.4, 0.5) is 0 Å². The third-order valence-electron chi connectivity index (χ3n) is 13.3. The third kappa shape index (κ3) is 8.48. The highest BCUT2D eigenvalue weighted by Crippen LogP contribution is 2.53. The van der Waals surface area contributed by atoms with Crippen molar-refractivity contribution in [3.05, 3.63) is 272 Å². The lowest BCUT2D eigenvalue weighted by Crippen LogP contribution is -1.99. The zero-order valence-corrected chi connectivity index (χ0v) is 38.8. The van der Waals surface area contributed by atoms with Crippen molar-refractivity contribution in [1.29, 1.82) is 0 Å². The number of hydrogen-bond donors (Lipinski definition) is 0. The molecule has 0 aromatic heterocycles. The Morgan fingerprint density at radius 3 is 0.812 bits per heavy atom. The number of rotatable bonds is 11. The Hall–Kier alpha value is -8.78. The smallest absolute Gasteiger partial charge is 0.118 e. The van der Waals surface area contributed by atoms with E-state index < -0.39 is 0 Å². The normalized spacial score (nSPS) is 11.0. The van der Waals surface area contributed by atoms with Gasteiger partial charge < -0.3 is 4.74 Å². The van der Waals surface area contributed by atoms with E-state index in [0.29, 0.717) is 0 Å². The van der Waals surface area contributed by atoms with E-state index in [1.54, 1.807) is 7.11 Å². The van der Waals surface area contributed by atoms with Gasteiger partial charge >= 0.3 is 0 Å². The van der Waals surface area contributed by atoms with Crippen LogP contribution >= 0.6 is 0 Å². The van der Waals surface area contributed by atoms with E-state index in [1.807, 2.05) is 0 Å². The minimum Gasteiger partial charge on any atom is -0.497 e. The van der Waals surface area contributed by atoms with Gasteiger partial charge in [-0.2, -0.15) is 0 Å². The van der Waals surface area contributed by atoms with E-state index in [4.69, 9.17) is 4.74 Å². The van der Waals surface area contributed by atoms with Crippen molar-refractivity contribution in [3.63, 3.8) is 0 Å². The van der Waals surface area contributed by atoms with Gasteiger partial charge in [-0.15, -0.1) is 0 Å². The van der Waals surface area contributed by atoms with Crippen LogP contribution in [-0.4, -0.2) is 7.11 Å². The molecule has 0 aliphatic rings. The van der Waals surface area contributed by atoms with Crippen molar-refractivity contribution < 1.29 is 4.74 Å². The van der Waals surface area contributed by atoms with Gasteiger partial charge in [0.2, 0.25) is 0 Å². The van der Waals surface area contributed by atoms with Gasteiger partial charge in [0.25, 0.3) is 0 Å². The molecule has 0 fully saturated rings. The molecule has 0 saturated carbocycles. The summed E-state index contributed by atoms with van der Waals surface area (Å²) in [5.41, 5.74) is 24.6. The van der Waals surface area contributed by atoms with Gasteiger partial charge in [-0.3, -0.25) is 0 Å². The Kier molecular flexibility index (Phi) is 11.9. The zero-order chi connectivity index (χ0) is 46.5. The van der Waals surface area contributed by atoms with Crippen LogP contribution in [0.25, 0.3) is 111 Å². The number of methoxy groups -OCH3 is 1. The molecule has 0 radical (unpaired) electrons. The fourth-order valence-electron chi connectivity index (χ4n) is 10.0. The summed E-state index contributed by atoms with van der Waals surface area (Å²) in [6.07, 6.45) is 0. The maximum absolute atomic E-state index is 5.69. The van der Waals surface area contributed by atoms with E-state index in [-0.39, 0.29) is 0 Å². The van der Waals surface area contributed by atoms with Crippen molar-refractivity contribution in [2.24, 2.45) is 0 Å². The van der Waals surface area contributed by atoms with E-state index in [1.165, 1.54) is 66.8 Å². The lowest BCUT2D eigenvalue weighted by atomic mass is 9.77. The van der Waals surface area contributed by atoms with Crippen molar-refractivity contribution in [1.82, 2.24) is 0 Å². The largest absolute Gasteiger partial charge is 0.497 e. The Balaban J connectivity index is 1.27. The van der Waals surface area contributed by atoms with Gasteiger partial charge in [0, 0.05) is 0 Å². The van der Waals surface area contributed by atoms with Crippen LogP contribution in [0, 0.1) is 6.92 Å². The highest BCUT2D eigenvalue weighted by atomic mass is 16.5. The second-order valence-electron chi connectivity index (χ2n) is 17.6. The lowest BCUT2D eigenvalue weighted by Gasteiger charge is -2.26. The first-order valence-electron chi connectivity index (χ1n) is 23.7. The molecule has 11 aromatic rings. The average molecular weight is 883 g/mol. The van der Waals surface area contributed by atoms with Crippen molar-refractivity contribution in [2.45, 2.75) is 6.92 Å². The first kappa shape index (κ1) is 42.8. The Morgan fingerprint density at radius 1 is 0.217 bits per heavy atom. The second kappa shape index (κ2) is 19.2. The minimum atomic E-state index is 0.825. The molecule has 0 spiro atoms. The zero-order valence-electron chi connectivity index (χ0n) is 38.8. The molecule has 0 aliphatic carbocycles. The summed E-state index contributed by atoms with van der Waals surface area (Å²) >= 11 is 0. The molecule has 0 amide bonds.